The third-order valence-corrected chi connectivity index (χ3v) is 2.57. The van der Waals surface area contributed by atoms with E-state index in [9.17, 15) is 28.8 Å². The van der Waals surface area contributed by atoms with Gasteiger partial charge in [-0.1, -0.05) is 0 Å². The summed E-state index contributed by atoms with van der Waals surface area (Å²) in [5, 5.41) is 67.6. The summed E-state index contributed by atoms with van der Waals surface area (Å²) in [5.74, 6) is -10.0. The molecule has 0 aliphatic carbocycles. The third kappa shape index (κ3) is 17.8. The summed E-state index contributed by atoms with van der Waals surface area (Å²) < 4.78 is 0. The Bertz CT molecular complexity index is 528. The molecule has 0 rings (SSSR count). The minimum absolute atomic E-state index is 0. The number of carbonyl (C=O) groups is 6. The monoisotopic (exact) mass is 530 g/mol. The van der Waals surface area contributed by atoms with Crippen LogP contribution >= 0.6 is 0 Å². The van der Waals surface area contributed by atoms with E-state index in [1.54, 1.807) is 0 Å². The molecule has 0 spiro atoms. The van der Waals surface area contributed by atoms with E-state index < -0.39 is 72.7 Å². The van der Waals surface area contributed by atoms with Crippen LogP contribution in [-0.2, 0) is 62.9 Å². The van der Waals surface area contributed by atoms with Crippen LogP contribution < -0.4 is 12.3 Å². The summed E-state index contributed by atoms with van der Waals surface area (Å²) in [4.78, 5) is 61.0. The van der Waals surface area contributed by atoms with E-state index in [4.69, 9.17) is 40.9 Å². The van der Waals surface area contributed by atoms with Crippen molar-refractivity contribution >= 4 is 35.8 Å². The molecule has 0 bridgehead atoms. The third-order valence-electron chi connectivity index (χ3n) is 2.57. The fraction of sp³-hybridized carbons (Fsp3) is 0.500. The van der Waals surface area contributed by atoms with Gasteiger partial charge in [-0.05, 0) is 0 Å². The number of aliphatic hydroxyl groups is 2. The quantitative estimate of drug-likeness (QED) is 0.134. The molecule has 14 N–H and O–H groups in total. The second-order valence-electron chi connectivity index (χ2n) is 4.96. The van der Waals surface area contributed by atoms with Gasteiger partial charge in [-0.3, -0.25) is 19.2 Å². The van der Waals surface area contributed by atoms with Gasteiger partial charge in [0.05, 0.1) is 25.7 Å². The molecule has 180 valence electrons. The number of hydrogen-bond donors (Lipinski definition) is 10. The van der Waals surface area contributed by atoms with Gasteiger partial charge in [0.1, 0.15) is 0 Å². The van der Waals surface area contributed by atoms with Crippen LogP contribution in [0, 0.1) is 0 Å². The van der Waals surface area contributed by atoms with E-state index in [1.165, 1.54) is 0 Å². The van der Waals surface area contributed by atoms with Gasteiger partial charge in [-0.2, -0.15) is 0 Å². The van der Waals surface area contributed by atoms with Gasteiger partial charge in [0.15, 0.2) is 11.2 Å². The van der Waals surface area contributed by atoms with E-state index in [2.05, 4.69) is 0 Å². The predicted molar refractivity (Wildman–Crippen MR) is 84.2 cm³/mol. The van der Waals surface area contributed by atoms with Gasteiger partial charge >= 0.3 is 35.8 Å². The molecule has 0 aromatic rings. The number of carboxylic acids is 6. The van der Waals surface area contributed by atoms with Gasteiger partial charge in [0.2, 0.25) is 0 Å². The van der Waals surface area contributed by atoms with Gasteiger partial charge in [0, 0.05) is 34.1 Å². The van der Waals surface area contributed by atoms with Crippen LogP contribution in [0.15, 0.2) is 0 Å². The van der Waals surface area contributed by atoms with Crippen LogP contribution in [0.5, 0.6) is 0 Å². The normalized spacial score (nSPS) is 9.40. The molecule has 18 heteroatoms. The molecule has 0 unspecified atom stereocenters. The Morgan fingerprint density at radius 2 is 0.600 bits per heavy atom. The Labute approximate surface area is 189 Å². The van der Waals surface area contributed by atoms with Crippen LogP contribution in [0.2, 0.25) is 0 Å². The van der Waals surface area contributed by atoms with Crippen molar-refractivity contribution in [2.75, 3.05) is 0 Å². The zero-order chi connectivity index (χ0) is 21.3. The SMILES string of the molecule is N.N.O=C(O)CC(O)(CC(=O)O)C(=O)O.O=C(O)CC(O)(CC(=O)O)C(=O)O.[Fe].[Fe]. The van der Waals surface area contributed by atoms with Crippen molar-refractivity contribution in [3.8, 4) is 0 Å². The van der Waals surface area contributed by atoms with Crippen molar-refractivity contribution in [3.05, 3.63) is 0 Å². The summed E-state index contributed by atoms with van der Waals surface area (Å²) in [6.07, 6.45) is -4.58. The van der Waals surface area contributed by atoms with Crippen molar-refractivity contribution in [1.82, 2.24) is 12.3 Å². The molecule has 0 saturated heterocycles. The first kappa shape index (κ1) is 41.9. The molecular formula is C12H22Fe2N2O14. The Balaban J connectivity index is -0.0000000847. The summed E-state index contributed by atoms with van der Waals surface area (Å²) in [6.45, 7) is 0. The molecule has 0 fully saturated rings. The molecule has 16 nitrogen and oxygen atoms in total. The summed E-state index contributed by atoms with van der Waals surface area (Å²) in [5.41, 5.74) is -5.48. The molecule has 0 aliphatic rings. The average Bonchev–Trinajstić information content (AvgIpc) is 2.34. The number of hydrogen-bond acceptors (Lipinski definition) is 10. The number of rotatable bonds is 10. The fourth-order valence-corrected chi connectivity index (χ4v) is 1.43. The molecule has 0 heterocycles. The second kappa shape index (κ2) is 17.5. The van der Waals surface area contributed by atoms with Crippen molar-refractivity contribution in [1.29, 1.82) is 0 Å². The first-order valence-corrected chi connectivity index (χ1v) is 6.34. The maximum Gasteiger partial charge on any atom is 0.336 e. The van der Waals surface area contributed by atoms with E-state index in [-0.39, 0.29) is 46.4 Å². The smallest absolute Gasteiger partial charge is 0.336 e. The Morgan fingerprint density at radius 1 is 0.467 bits per heavy atom. The molecular weight excluding hydrogens is 508 g/mol. The number of aliphatic carboxylic acids is 6. The van der Waals surface area contributed by atoms with Crippen LogP contribution in [-0.4, -0.2) is 87.9 Å². The Hall–Kier alpha value is -2.30. The maximum atomic E-state index is 10.3. The molecule has 0 amide bonds. The molecule has 30 heavy (non-hydrogen) atoms. The number of carboxylic acid groups (broad SMARTS) is 6. The van der Waals surface area contributed by atoms with Gasteiger partial charge in [-0.15, -0.1) is 0 Å². The van der Waals surface area contributed by atoms with Gasteiger partial charge in [0.25, 0.3) is 0 Å². The minimum Gasteiger partial charge on any atom is -0.481 e. The first-order chi connectivity index (χ1) is 11.6. The first-order valence-electron chi connectivity index (χ1n) is 6.34. The molecule has 0 saturated carbocycles. The summed E-state index contributed by atoms with van der Waals surface area (Å²) in [7, 11) is 0. The molecule has 0 radical (unpaired) electrons. The Morgan fingerprint density at radius 3 is 0.667 bits per heavy atom. The topological polar surface area (TPSA) is 334 Å². The van der Waals surface area contributed by atoms with Crippen molar-refractivity contribution in [3.63, 3.8) is 0 Å². The fourth-order valence-electron chi connectivity index (χ4n) is 1.43. The van der Waals surface area contributed by atoms with E-state index in [1.807, 2.05) is 0 Å². The standard InChI is InChI=1S/2C6H8O7.2Fe.2H3N/c2*7-3(8)1-6(13,5(11)12)2-4(9)10;;;;/h2*13H,1-2H2,(H,7,8)(H,9,10)(H,11,12);;;2*1H3. The van der Waals surface area contributed by atoms with Crippen LogP contribution in [0.1, 0.15) is 25.7 Å². The zero-order valence-electron chi connectivity index (χ0n) is 15.0. The van der Waals surface area contributed by atoms with E-state index >= 15 is 0 Å². The van der Waals surface area contributed by atoms with Gasteiger partial charge in [-0.25, -0.2) is 9.59 Å². The zero-order valence-corrected chi connectivity index (χ0v) is 17.2. The summed E-state index contributed by atoms with van der Waals surface area (Å²) in [6, 6.07) is 0. The average molecular weight is 530 g/mol. The summed E-state index contributed by atoms with van der Waals surface area (Å²) >= 11 is 0. The van der Waals surface area contributed by atoms with Crippen molar-refractivity contribution in [2.24, 2.45) is 0 Å². The minimum atomic E-state index is -2.74. The molecule has 0 atom stereocenters. The molecule has 0 aliphatic heterocycles. The van der Waals surface area contributed by atoms with Crippen molar-refractivity contribution in [2.45, 2.75) is 36.9 Å². The van der Waals surface area contributed by atoms with Crippen LogP contribution in [0.3, 0.4) is 0 Å². The molecule has 0 aromatic carbocycles. The van der Waals surface area contributed by atoms with Crippen molar-refractivity contribution < 1.29 is 104 Å². The second-order valence-corrected chi connectivity index (χ2v) is 4.96. The van der Waals surface area contributed by atoms with E-state index in [0.717, 1.165) is 0 Å². The Kier molecular flexibility index (Phi) is 24.5. The molecule has 0 aromatic heterocycles. The van der Waals surface area contributed by atoms with Gasteiger partial charge < -0.3 is 53.2 Å². The van der Waals surface area contributed by atoms with E-state index in [0.29, 0.717) is 0 Å². The van der Waals surface area contributed by atoms with Crippen LogP contribution in [0.4, 0.5) is 0 Å². The largest absolute Gasteiger partial charge is 0.481 e. The van der Waals surface area contributed by atoms with Crippen LogP contribution in [0.25, 0.3) is 0 Å². The predicted octanol–water partition coefficient (Wildman–Crippen LogP) is -2.18. The maximum absolute atomic E-state index is 10.3.